The molecule has 2 aliphatic rings. The average Bonchev–Trinajstić information content (AvgIpc) is 3.57. The second-order valence-electron chi connectivity index (χ2n) is 13.7. The number of ether oxygens (including phenoxy) is 5. The van der Waals surface area contributed by atoms with Gasteiger partial charge in [-0.25, -0.2) is 18.8 Å². The molecule has 0 radical (unpaired) electrons. The smallest absolute Gasteiger partial charge is 0.414 e. The lowest BCUT2D eigenvalue weighted by molar-refractivity contribution is -0.181. The summed E-state index contributed by atoms with van der Waals surface area (Å²) in [4.78, 5) is 65.0. The molecule has 16 heteroatoms. The van der Waals surface area contributed by atoms with Gasteiger partial charge in [-0.3, -0.25) is 14.5 Å². The van der Waals surface area contributed by atoms with Crippen LogP contribution in [0.1, 0.15) is 56.6 Å². The van der Waals surface area contributed by atoms with Gasteiger partial charge in [0, 0.05) is 32.3 Å². The van der Waals surface area contributed by atoms with Gasteiger partial charge in [-0.2, -0.15) is 0 Å². The number of unbranched alkanes of at least 4 members (excludes halogenated alkanes) is 1. The summed E-state index contributed by atoms with van der Waals surface area (Å²) in [5.74, 6) is -3.64. The summed E-state index contributed by atoms with van der Waals surface area (Å²) in [6, 6.07) is 22.1. The lowest BCUT2D eigenvalue weighted by atomic mass is 9.90. The molecule has 2 fully saturated rings. The highest BCUT2D eigenvalue weighted by Crippen LogP contribution is 2.31. The Balaban J connectivity index is 0.00000696. The summed E-state index contributed by atoms with van der Waals surface area (Å²) in [7, 11) is 0. The van der Waals surface area contributed by atoms with Crippen LogP contribution in [0.4, 0.5) is 14.9 Å². The minimum absolute atomic E-state index is 0. The van der Waals surface area contributed by atoms with Crippen LogP contribution in [0.2, 0.25) is 0 Å². The highest BCUT2D eigenvalue weighted by molar-refractivity contribution is 6.04. The van der Waals surface area contributed by atoms with Crippen LogP contribution >= 0.6 is 12.4 Å². The molecule has 302 valence electrons. The zero-order valence-corrected chi connectivity index (χ0v) is 32.0. The van der Waals surface area contributed by atoms with Gasteiger partial charge in [-0.15, -0.1) is 12.4 Å². The Bertz CT molecular complexity index is 1800. The largest absolute Gasteiger partial charge is 0.486 e. The topological polar surface area (TPSA) is 185 Å². The molecule has 3 aromatic rings. The first-order valence-corrected chi connectivity index (χ1v) is 18.2. The Kier molecular flexibility index (Phi) is 16.0. The van der Waals surface area contributed by atoms with Gasteiger partial charge in [-0.1, -0.05) is 60.7 Å². The third-order valence-electron chi connectivity index (χ3n) is 9.38. The second-order valence-corrected chi connectivity index (χ2v) is 13.7. The fourth-order valence-electron chi connectivity index (χ4n) is 6.15. The van der Waals surface area contributed by atoms with Gasteiger partial charge in [0.05, 0.1) is 18.8 Å². The fraction of sp³-hybridized carbons (Fsp3) is 0.425. The van der Waals surface area contributed by atoms with Crippen molar-refractivity contribution in [1.29, 1.82) is 0 Å². The molecular weight excluding hydrogens is 751 g/mol. The molecule has 0 aliphatic carbocycles. The Hall–Kier alpha value is -5.25. The van der Waals surface area contributed by atoms with Crippen molar-refractivity contribution in [2.75, 3.05) is 37.7 Å². The Morgan fingerprint density at radius 1 is 0.946 bits per heavy atom. The summed E-state index contributed by atoms with van der Waals surface area (Å²) < 4.78 is 43.5. The summed E-state index contributed by atoms with van der Waals surface area (Å²) in [5.41, 5.74) is 4.85. The Morgan fingerprint density at radius 2 is 1.59 bits per heavy atom. The van der Waals surface area contributed by atoms with Crippen LogP contribution in [-0.4, -0.2) is 79.9 Å². The predicted molar refractivity (Wildman–Crippen MR) is 204 cm³/mol. The number of rotatable bonds is 18. The van der Waals surface area contributed by atoms with Crippen LogP contribution in [0.5, 0.6) is 5.75 Å². The maximum atomic E-state index is 15.4. The van der Waals surface area contributed by atoms with Crippen LogP contribution in [0.3, 0.4) is 0 Å². The van der Waals surface area contributed by atoms with Gasteiger partial charge in [0.2, 0.25) is 11.4 Å². The number of cyclic esters (lactones) is 1. The van der Waals surface area contributed by atoms with E-state index in [1.54, 1.807) is 24.3 Å². The van der Waals surface area contributed by atoms with Crippen LogP contribution in [0.15, 0.2) is 78.9 Å². The van der Waals surface area contributed by atoms with Gasteiger partial charge in [0.1, 0.15) is 31.5 Å². The molecule has 0 saturated carbocycles. The number of nitrogens with one attached hydrogen (secondary N) is 2. The summed E-state index contributed by atoms with van der Waals surface area (Å²) in [6.45, 7) is 2.20. The van der Waals surface area contributed by atoms with Crippen molar-refractivity contribution in [2.24, 2.45) is 5.73 Å². The van der Waals surface area contributed by atoms with Crippen molar-refractivity contribution in [1.82, 2.24) is 10.6 Å². The molecule has 4 N–H and O–H groups in total. The van der Waals surface area contributed by atoms with E-state index >= 15 is 4.39 Å². The lowest BCUT2D eigenvalue weighted by Crippen LogP contribution is -2.60. The quantitative estimate of drug-likeness (QED) is 0.0710. The zero-order valence-electron chi connectivity index (χ0n) is 31.2. The number of carbonyl (C=O) groups excluding carboxylic acids is 5. The zero-order chi connectivity index (χ0) is 39.3. The number of nitrogens with two attached hydrogens (primary N) is 1. The number of hydrogen-bond donors (Lipinski definition) is 3. The summed E-state index contributed by atoms with van der Waals surface area (Å²) >= 11 is 0. The number of piperidine rings is 1. The second kappa shape index (κ2) is 20.6. The number of amides is 2. The van der Waals surface area contributed by atoms with Crippen LogP contribution in [0.25, 0.3) is 0 Å². The van der Waals surface area contributed by atoms with Gasteiger partial charge in [0.15, 0.2) is 11.6 Å². The third-order valence-corrected chi connectivity index (χ3v) is 9.38. The Labute approximate surface area is 330 Å². The van der Waals surface area contributed by atoms with E-state index in [4.69, 9.17) is 29.4 Å². The van der Waals surface area contributed by atoms with Crippen molar-refractivity contribution in [3.63, 3.8) is 0 Å². The summed E-state index contributed by atoms with van der Waals surface area (Å²) in [6.07, 6.45) is -0.386. The van der Waals surface area contributed by atoms with Crippen molar-refractivity contribution in [3.8, 4) is 5.75 Å². The van der Waals surface area contributed by atoms with E-state index < -0.39 is 47.1 Å². The number of esters is 3. The molecule has 2 saturated heterocycles. The van der Waals surface area contributed by atoms with Crippen LogP contribution in [0, 0.1) is 5.82 Å². The third kappa shape index (κ3) is 12.1. The molecule has 2 atom stereocenters. The van der Waals surface area contributed by atoms with Gasteiger partial charge in [-0.05, 0) is 55.6 Å². The molecule has 1 unspecified atom stereocenters. The molecule has 2 amide bonds. The van der Waals surface area contributed by atoms with Crippen LogP contribution < -0.4 is 26.0 Å². The SMILES string of the molecule is CC(=O)NC[C@H]1CN(c2ccc(OCC3(OC(=O)C(N)(CCCCC(=O)OCc4ccccc4)C(=O)OCc4ccccc4)CCNCC3)c(F)c2)C(=O)O1.Cl. The number of anilines is 1. The minimum Gasteiger partial charge on any atom is -0.486 e. The van der Waals surface area contributed by atoms with Gasteiger partial charge in [0.25, 0.3) is 0 Å². The van der Waals surface area contributed by atoms with E-state index in [2.05, 4.69) is 10.6 Å². The first kappa shape index (κ1) is 43.5. The highest BCUT2D eigenvalue weighted by Gasteiger charge is 2.49. The monoisotopic (exact) mass is 798 g/mol. The maximum Gasteiger partial charge on any atom is 0.414 e. The number of hydrogen-bond acceptors (Lipinski definition) is 12. The average molecular weight is 799 g/mol. The van der Waals surface area contributed by atoms with E-state index in [1.807, 2.05) is 36.4 Å². The predicted octanol–water partition coefficient (Wildman–Crippen LogP) is 4.50. The molecule has 14 nitrogen and oxygen atoms in total. The number of benzene rings is 3. The molecule has 3 aromatic carbocycles. The molecule has 2 aliphatic heterocycles. The molecule has 56 heavy (non-hydrogen) atoms. The fourth-order valence-corrected chi connectivity index (χ4v) is 6.15. The normalized spacial score (nSPS) is 17.0. The van der Waals surface area contributed by atoms with E-state index in [1.165, 1.54) is 24.0 Å². The van der Waals surface area contributed by atoms with Crippen molar-refractivity contribution in [3.05, 3.63) is 95.8 Å². The lowest BCUT2D eigenvalue weighted by Gasteiger charge is -2.39. The number of carbonyl (C=O) groups is 5. The van der Waals surface area contributed by atoms with E-state index in [9.17, 15) is 24.0 Å². The molecular formula is C40H48ClFN4O10. The van der Waals surface area contributed by atoms with Gasteiger partial charge >= 0.3 is 24.0 Å². The minimum atomic E-state index is -2.23. The molecule has 2 heterocycles. The highest BCUT2D eigenvalue weighted by atomic mass is 35.5. The van der Waals surface area contributed by atoms with E-state index in [-0.39, 0.29) is 101 Å². The molecule has 5 rings (SSSR count). The van der Waals surface area contributed by atoms with Gasteiger partial charge < -0.3 is 40.1 Å². The number of halogens is 2. The molecule has 0 spiro atoms. The van der Waals surface area contributed by atoms with Crippen LogP contribution in [-0.2, 0) is 51.3 Å². The van der Waals surface area contributed by atoms with E-state index in [0.29, 0.717) is 18.7 Å². The van der Waals surface area contributed by atoms with Crippen molar-refractivity contribution >= 4 is 48.0 Å². The van der Waals surface area contributed by atoms with Crippen molar-refractivity contribution < 1.29 is 52.0 Å². The first-order valence-electron chi connectivity index (χ1n) is 18.2. The Morgan fingerprint density at radius 3 is 2.21 bits per heavy atom. The molecule has 0 bridgehead atoms. The van der Waals surface area contributed by atoms with Crippen molar-refractivity contribution in [2.45, 2.75) is 75.9 Å². The standard InChI is InChI=1S/C40H47FN4O10.ClH/c1-28(46)44-23-32-24-45(38(50)54-32)31-15-16-34(33(41)22-31)53-27-39(18-20-43-21-19-39)55-37(49)40(42,36(48)52-26-30-12-6-3-7-13-30)17-9-8-14-35(47)51-25-29-10-4-2-5-11-29;/h2-7,10-13,15-16,22,32,43H,8-9,14,17-21,23-27,42H2,1H3,(H,44,46);1H/t32-,40?;/m0./s1. The maximum absolute atomic E-state index is 15.4. The summed E-state index contributed by atoms with van der Waals surface area (Å²) in [5, 5.41) is 5.79. The van der Waals surface area contributed by atoms with E-state index in [0.717, 1.165) is 11.6 Å². The first-order chi connectivity index (χ1) is 26.5. The molecule has 0 aromatic heterocycles. The number of nitrogens with zero attached hydrogens (tertiary/aromatic N) is 1.